The highest BCUT2D eigenvalue weighted by Gasteiger charge is 2.19. The van der Waals surface area contributed by atoms with Gasteiger partial charge in [-0.2, -0.15) is 0 Å². The lowest BCUT2D eigenvalue weighted by Gasteiger charge is -2.31. The summed E-state index contributed by atoms with van der Waals surface area (Å²) in [7, 11) is 2.84. The number of likely N-dealkylation sites (tertiary alicyclic amines) is 1. The third-order valence-electron chi connectivity index (χ3n) is 4.33. The van der Waals surface area contributed by atoms with Crippen molar-refractivity contribution in [1.82, 2.24) is 19.4 Å². The van der Waals surface area contributed by atoms with Crippen molar-refractivity contribution in [2.45, 2.75) is 12.8 Å². The largest absolute Gasteiger partial charge is 0.396 e. The summed E-state index contributed by atoms with van der Waals surface area (Å²) in [5, 5.41) is 12.0. The van der Waals surface area contributed by atoms with Crippen LogP contribution < -0.4 is 16.6 Å². The van der Waals surface area contributed by atoms with E-state index in [1.54, 1.807) is 0 Å². The van der Waals surface area contributed by atoms with E-state index in [2.05, 4.69) is 10.2 Å². The van der Waals surface area contributed by atoms with E-state index < -0.39 is 17.2 Å². The molecule has 8 heteroatoms. The van der Waals surface area contributed by atoms with Crippen LogP contribution in [0.3, 0.4) is 0 Å². The van der Waals surface area contributed by atoms with Crippen LogP contribution in [0.25, 0.3) is 0 Å². The minimum absolute atomic E-state index is 0.0602. The van der Waals surface area contributed by atoms with Gasteiger partial charge in [0.05, 0.1) is 0 Å². The highest BCUT2D eigenvalue weighted by Crippen LogP contribution is 2.14. The van der Waals surface area contributed by atoms with E-state index >= 15 is 0 Å². The zero-order chi connectivity index (χ0) is 17.0. The number of hydrogen-bond acceptors (Lipinski definition) is 5. The normalized spacial score (nSPS) is 18.8. The SMILES string of the molecule is Cn1c(C(=O)NCCN2CCC[C@@H](CO)C2)cc(=O)n(C)c1=O. The molecule has 1 atom stereocenters. The van der Waals surface area contributed by atoms with Crippen LogP contribution in [-0.2, 0) is 14.1 Å². The number of hydrogen-bond donors (Lipinski definition) is 2. The van der Waals surface area contributed by atoms with E-state index in [0.717, 1.165) is 30.5 Å². The Bertz CT molecular complexity index is 679. The van der Waals surface area contributed by atoms with Crippen LogP contribution >= 0.6 is 0 Å². The van der Waals surface area contributed by atoms with E-state index in [1.807, 2.05) is 0 Å². The lowest BCUT2D eigenvalue weighted by atomic mass is 9.99. The topological polar surface area (TPSA) is 96.6 Å². The molecular formula is C15H24N4O4. The number of nitrogens with zero attached hydrogens (tertiary/aromatic N) is 3. The molecule has 0 bridgehead atoms. The van der Waals surface area contributed by atoms with Crippen LogP contribution in [0.2, 0.25) is 0 Å². The Morgan fingerprint density at radius 2 is 2.09 bits per heavy atom. The molecule has 128 valence electrons. The van der Waals surface area contributed by atoms with Crippen molar-refractivity contribution in [2.75, 3.05) is 32.8 Å². The molecular weight excluding hydrogens is 300 g/mol. The molecule has 8 nitrogen and oxygen atoms in total. The van der Waals surface area contributed by atoms with Gasteiger partial charge in [-0.05, 0) is 25.3 Å². The number of nitrogens with one attached hydrogen (secondary N) is 1. The fraction of sp³-hybridized carbons (Fsp3) is 0.667. The Labute approximate surface area is 134 Å². The molecule has 2 N–H and O–H groups in total. The molecule has 0 aromatic carbocycles. The first kappa shape index (κ1) is 17.4. The highest BCUT2D eigenvalue weighted by atomic mass is 16.3. The average Bonchev–Trinajstić information content (AvgIpc) is 2.56. The standard InChI is InChI=1S/C15H24N4O4/c1-17-12(8-13(21)18(2)15(17)23)14(22)16-5-7-19-6-3-4-11(9-19)10-20/h8,11,20H,3-7,9-10H2,1-2H3,(H,16,22)/t11-/m1/s1. The maximum absolute atomic E-state index is 12.2. The van der Waals surface area contributed by atoms with Gasteiger partial charge in [-0.1, -0.05) is 0 Å². The van der Waals surface area contributed by atoms with Gasteiger partial charge in [0.15, 0.2) is 0 Å². The van der Waals surface area contributed by atoms with Gasteiger partial charge in [0.2, 0.25) is 0 Å². The molecule has 1 amide bonds. The number of aromatic nitrogens is 2. The quantitative estimate of drug-likeness (QED) is 0.688. The second-order valence-corrected chi connectivity index (χ2v) is 6.02. The van der Waals surface area contributed by atoms with Crippen molar-refractivity contribution < 1.29 is 9.90 Å². The van der Waals surface area contributed by atoms with Crippen LogP contribution in [-0.4, -0.2) is 57.8 Å². The van der Waals surface area contributed by atoms with Crippen LogP contribution in [0, 0.1) is 5.92 Å². The fourth-order valence-corrected chi connectivity index (χ4v) is 2.87. The predicted octanol–water partition coefficient (Wildman–Crippen LogP) is -1.48. The Kier molecular flexibility index (Phi) is 5.73. The third-order valence-corrected chi connectivity index (χ3v) is 4.33. The van der Waals surface area contributed by atoms with E-state index in [1.165, 1.54) is 24.7 Å². The zero-order valence-electron chi connectivity index (χ0n) is 13.6. The van der Waals surface area contributed by atoms with E-state index in [4.69, 9.17) is 0 Å². The first-order valence-corrected chi connectivity index (χ1v) is 7.82. The van der Waals surface area contributed by atoms with Crippen molar-refractivity contribution in [1.29, 1.82) is 0 Å². The van der Waals surface area contributed by atoms with Crippen molar-refractivity contribution in [3.8, 4) is 0 Å². The number of aliphatic hydroxyl groups is 1. The summed E-state index contributed by atoms with van der Waals surface area (Å²) >= 11 is 0. The van der Waals surface area contributed by atoms with E-state index in [-0.39, 0.29) is 12.3 Å². The van der Waals surface area contributed by atoms with Crippen molar-refractivity contribution in [3.05, 3.63) is 32.6 Å². The average molecular weight is 324 g/mol. The molecule has 2 heterocycles. The lowest BCUT2D eigenvalue weighted by Crippen LogP contribution is -2.44. The van der Waals surface area contributed by atoms with Crippen LogP contribution in [0.1, 0.15) is 23.3 Å². The molecule has 0 aliphatic carbocycles. The molecule has 1 aromatic heterocycles. The number of aliphatic hydroxyl groups excluding tert-OH is 1. The highest BCUT2D eigenvalue weighted by molar-refractivity contribution is 5.92. The van der Waals surface area contributed by atoms with Gasteiger partial charge in [0.25, 0.3) is 11.5 Å². The molecule has 1 saturated heterocycles. The molecule has 23 heavy (non-hydrogen) atoms. The zero-order valence-corrected chi connectivity index (χ0v) is 13.6. The second kappa shape index (κ2) is 7.56. The number of piperidine rings is 1. The molecule has 1 aliphatic rings. The molecule has 1 fully saturated rings. The Morgan fingerprint density at radius 3 is 2.78 bits per heavy atom. The van der Waals surface area contributed by atoms with Gasteiger partial charge < -0.3 is 15.3 Å². The number of amides is 1. The first-order valence-electron chi connectivity index (χ1n) is 7.82. The van der Waals surface area contributed by atoms with Crippen LogP contribution in [0.4, 0.5) is 0 Å². The van der Waals surface area contributed by atoms with Crippen molar-refractivity contribution in [2.24, 2.45) is 20.0 Å². The monoisotopic (exact) mass is 324 g/mol. The minimum Gasteiger partial charge on any atom is -0.396 e. The first-order chi connectivity index (χ1) is 10.9. The summed E-state index contributed by atoms with van der Waals surface area (Å²) < 4.78 is 2.12. The van der Waals surface area contributed by atoms with Gasteiger partial charge in [0.1, 0.15) is 5.69 Å². The van der Waals surface area contributed by atoms with Crippen molar-refractivity contribution in [3.63, 3.8) is 0 Å². The Balaban J connectivity index is 1.93. The molecule has 2 rings (SSSR count). The summed E-state index contributed by atoms with van der Waals surface area (Å²) in [6, 6.07) is 1.17. The second-order valence-electron chi connectivity index (χ2n) is 6.02. The predicted molar refractivity (Wildman–Crippen MR) is 85.5 cm³/mol. The minimum atomic E-state index is -0.524. The van der Waals surface area contributed by atoms with Crippen LogP contribution in [0.15, 0.2) is 15.7 Å². The van der Waals surface area contributed by atoms with Crippen LogP contribution in [0.5, 0.6) is 0 Å². The Hall–Kier alpha value is -1.93. The summed E-state index contributed by atoms with van der Waals surface area (Å²) in [6.07, 6.45) is 2.08. The number of rotatable bonds is 5. The fourth-order valence-electron chi connectivity index (χ4n) is 2.87. The number of carbonyl (C=O) groups excluding carboxylic acids is 1. The third kappa shape index (κ3) is 4.08. The smallest absolute Gasteiger partial charge is 0.331 e. The van der Waals surface area contributed by atoms with Crippen molar-refractivity contribution >= 4 is 5.91 Å². The Morgan fingerprint density at radius 1 is 1.35 bits per heavy atom. The summed E-state index contributed by atoms with van der Waals surface area (Å²) in [6.45, 7) is 3.09. The molecule has 0 saturated carbocycles. The molecule has 0 spiro atoms. The van der Waals surface area contributed by atoms with Gasteiger partial charge in [-0.3, -0.25) is 18.7 Å². The number of carbonyl (C=O) groups is 1. The van der Waals surface area contributed by atoms with E-state index in [0.29, 0.717) is 19.0 Å². The summed E-state index contributed by atoms with van der Waals surface area (Å²) in [5.41, 5.74) is -0.963. The molecule has 1 aliphatic heterocycles. The summed E-state index contributed by atoms with van der Waals surface area (Å²) in [5.74, 6) is -0.129. The van der Waals surface area contributed by atoms with Gasteiger partial charge in [-0.25, -0.2) is 4.79 Å². The van der Waals surface area contributed by atoms with E-state index in [9.17, 15) is 19.5 Å². The van der Waals surface area contributed by atoms with Gasteiger partial charge in [0, 0.05) is 46.4 Å². The molecule has 0 radical (unpaired) electrons. The maximum atomic E-state index is 12.2. The molecule has 1 aromatic rings. The summed E-state index contributed by atoms with van der Waals surface area (Å²) in [4.78, 5) is 37.8. The molecule has 0 unspecified atom stereocenters. The van der Waals surface area contributed by atoms with Gasteiger partial charge >= 0.3 is 5.69 Å². The lowest BCUT2D eigenvalue weighted by molar-refractivity contribution is 0.0921. The maximum Gasteiger partial charge on any atom is 0.331 e. The van der Waals surface area contributed by atoms with Gasteiger partial charge in [-0.15, -0.1) is 0 Å².